The van der Waals surface area contributed by atoms with Crippen LogP contribution in [0.3, 0.4) is 0 Å². The Hall–Kier alpha value is -1.41. The molecule has 3 rings (SSSR count). The van der Waals surface area contributed by atoms with Gasteiger partial charge in [0, 0.05) is 5.92 Å². The number of fused-ring (bicyclic) bond motifs is 1. The van der Waals surface area contributed by atoms with Crippen molar-refractivity contribution in [1.29, 1.82) is 0 Å². The highest BCUT2D eigenvalue weighted by molar-refractivity contribution is 7.92. The van der Waals surface area contributed by atoms with Gasteiger partial charge in [0.25, 0.3) is 10.0 Å². The first-order valence-electron chi connectivity index (χ1n) is 6.14. The van der Waals surface area contributed by atoms with E-state index in [1.54, 1.807) is 6.07 Å². The van der Waals surface area contributed by atoms with Crippen LogP contribution in [0.25, 0.3) is 0 Å². The first-order chi connectivity index (χ1) is 9.90. The zero-order valence-corrected chi connectivity index (χ0v) is 13.4. The second-order valence-electron chi connectivity index (χ2n) is 4.65. The van der Waals surface area contributed by atoms with Crippen LogP contribution >= 0.6 is 22.9 Å². The molecule has 0 fully saturated rings. The number of hydrazine groups is 1. The number of nitrogens with two attached hydrogens (primary N) is 1. The summed E-state index contributed by atoms with van der Waals surface area (Å²) in [4.78, 5) is 0. The lowest BCUT2D eigenvalue weighted by Gasteiger charge is -2.28. The normalized spacial score (nSPS) is 18.0. The third-order valence-corrected chi connectivity index (χ3v) is 6.33. The number of hydrogen-bond donors (Lipinski definition) is 1. The van der Waals surface area contributed by atoms with Crippen LogP contribution < -0.4 is 10.9 Å². The van der Waals surface area contributed by atoms with Gasteiger partial charge in [-0.15, -0.1) is 15.7 Å². The molecule has 2 heterocycles. The van der Waals surface area contributed by atoms with Crippen molar-refractivity contribution >= 4 is 44.5 Å². The molecule has 1 aliphatic heterocycles. The monoisotopic (exact) mass is 341 g/mol. The molecule has 5 nitrogen and oxygen atoms in total. The number of benzene rings is 1. The Kier molecular flexibility index (Phi) is 3.53. The smallest absolute Gasteiger partial charge is 0.262 e. The molecule has 0 spiro atoms. The van der Waals surface area contributed by atoms with E-state index in [0.717, 1.165) is 16.9 Å². The van der Waals surface area contributed by atoms with Gasteiger partial charge in [0.2, 0.25) is 0 Å². The van der Waals surface area contributed by atoms with Crippen LogP contribution in [0, 0.1) is 0 Å². The molecule has 0 amide bonds. The number of halogens is 1. The van der Waals surface area contributed by atoms with E-state index in [4.69, 9.17) is 17.4 Å². The number of sulfonamides is 1. The average molecular weight is 342 g/mol. The number of amidine groups is 1. The van der Waals surface area contributed by atoms with Gasteiger partial charge in [0.05, 0.1) is 10.0 Å². The number of rotatable bonds is 2. The largest absolute Gasteiger partial charge is 0.295 e. The van der Waals surface area contributed by atoms with Gasteiger partial charge in [-0.3, -0.25) is 5.01 Å². The van der Waals surface area contributed by atoms with Gasteiger partial charge in [0.15, 0.2) is 4.21 Å². The number of hydrogen-bond acceptors (Lipinski definition) is 5. The number of thiophene rings is 1. The lowest BCUT2D eigenvalue weighted by molar-refractivity contribution is 0.598. The fourth-order valence-corrected chi connectivity index (χ4v) is 5.08. The van der Waals surface area contributed by atoms with Gasteiger partial charge < -0.3 is 0 Å². The third kappa shape index (κ3) is 2.46. The Morgan fingerprint density at radius 3 is 2.67 bits per heavy atom. The molecule has 2 aromatic rings. The van der Waals surface area contributed by atoms with Crippen LogP contribution in [0.15, 0.2) is 45.0 Å². The summed E-state index contributed by atoms with van der Waals surface area (Å²) in [5, 5.41) is 1.30. The topological polar surface area (TPSA) is 75.8 Å². The standard InChI is InChI=1S/C13H12ClN3O2S2/c1-8(9-5-3-2-4-6-9)12-16-21(18,19)13-10(17(12)15)7-11(14)20-13/h2-8H,15H2,1H3. The van der Waals surface area contributed by atoms with Gasteiger partial charge in [0.1, 0.15) is 5.84 Å². The minimum Gasteiger partial charge on any atom is -0.262 e. The molecular formula is C13H12ClN3O2S2. The summed E-state index contributed by atoms with van der Waals surface area (Å²) in [6.07, 6.45) is 0. The Bertz CT molecular complexity index is 815. The summed E-state index contributed by atoms with van der Waals surface area (Å²) in [6, 6.07) is 11.0. The zero-order chi connectivity index (χ0) is 15.2. The predicted molar refractivity (Wildman–Crippen MR) is 85.5 cm³/mol. The van der Waals surface area contributed by atoms with Crippen LogP contribution in [0.1, 0.15) is 18.4 Å². The van der Waals surface area contributed by atoms with Gasteiger partial charge >= 0.3 is 0 Å². The highest BCUT2D eigenvalue weighted by atomic mass is 35.5. The molecule has 1 atom stereocenters. The van der Waals surface area contributed by atoms with Gasteiger partial charge in [-0.1, -0.05) is 48.9 Å². The maximum atomic E-state index is 12.3. The number of anilines is 1. The second kappa shape index (κ2) is 5.10. The maximum Gasteiger partial charge on any atom is 0.295 e. The Balaban J connectivity index is 2.10. The van der Waals surface area contributed by atoms with Crippen molar-refractivity contribution < 1.29 is 8.42 Å². The number of nitrogens with zero attached hydrogens (tertiary/aromatic N) is 2. The molecule has 21 heavy (non-hydrogen) atoms. The zero-order valence-electron chi connectivity index (χ0n) is 11.0. The van der Waals surface area contributed by atoms with Crippen LogP contribution in [0.4, 0.5) is 5.69 Å². The van der Waals surface area contributed by atoms with Crippen molar-refractivity contribution in [3.63, 3.8) is 0 Å². The minimum atomic E-state index is -3.76. The van der Waals surface area contributed by atoms with Crippen molar-refractivity contribution in [2.45, 2.75) is 17.1 Å². The molecule has 0 radical (unpaired) electrons. The van der Waals surface area contributed by atoms with Crippen molar-refractivity contribution in [3.8, 4) is 0 Å². The van der Waals surface area contributed by atoms with E-state index < -0.39 is 10.0 Å². The summed E-state index contributed by atoms with van der Waals surface area (Å²) in [5.74, 6) is 6.08. The molecule has 1 aliphatic rings. The lowest BCUT2D eigenvalue weighted by Crippen LogP contribution is -2.43. The van der Waals surface area contributed by atoms with Crippen LogP contribution in [0.2, 0.25) is 4.34 Å². The van der Waals surface area contributed by atoms with Gasteiger partial charge in [-0.2, -0.15) is 8.42 Å². The van der Waals surface area contributed by atoms with Gasteiger partial charge in [-0.25, -0.2) is 5.84 Å². The van der Waals surface area contributed by atoms with E-state index in [2.05, 4.69) is 4.40 Å². The van der Waals surface area contributed by atoms with Crippen molar-refractivity contribution in [2.75, 3.05) is 5.01 Å². The Labute approximate surface area is 131 Å². The molecule has 8 heteroatoms. The third-order valence-electron chi connectivity index (χ3n) is 3.29. The molecule has 0 bridgehead atoms. The van der Waals surface area contributed by atoms with E-state index in [0.29, 0.717) is 10.0 Å². The summed E-state index contributed by atoms with van der Waals surface area (Å²) in [7, 11) is -3.76. The summed E-state index contributed by atoms with van der Waals surface area (Å²) < 4.78 is 28.8. The van der Waals surface area contributed by atoms with E-state index in [1.807, 2.05) is 37.3 Å². The minimum absolute atomic E-state index is 0.0824. The van der Waals surface area contributed by atoms with Crippen molar-refractivity contribution in [2.24, 2.45) is 10.2 Å². The molecule has 0 saturated carbocycles. The fourth-order valence-electron chi connectivity index (χ4n) is 2.20. The van der Waals surface area contributed by atoms with E-state index in [9.17, 15) is 8.42 Å². The summed E-state index contributed by atoms with van der Waals surface area (Å²) >= 11 is 6.87. The molecule has 2 N–H and O–H groups in total. The average Bonchev–Trinajstić information content (AvgIpc) is 2.87. The first-order valence-corrected chi connectivity index (χ1v) is 8.77. The molecule has 0 aliphatic carbocycles. The highest BCUT2D eigenvalue weighted by Gasteiger charge is 2.34. The van der Waals surface area contributed by atoms with Crippen LogP contribution in [-0.4, -0.2) is 14.3 Å². The SMILES string of the molecule is CC(C1=NS(=O)(=O)c2sc(Cl)cc2N1N)c1ccccc1. The van der Waals surface area contributed by atoms with E-state index >= 15 is 0 Å². The highest BCUT2D eigenvalue weighted by Crippen LogP contribution is 2.41. The summed E-state index contributed by atoms with van der Waals surface area (Å²) in [6.45, 7) is 1.86. The van der Waals surface area contributed by atoms with Crippen LogP contribution in [-0.2, 0) is 10.0 Å². The Morgan fingerprint density at radius 2 is 2.00 bits per heavy atom. The fraction of sp³-hybridized carbons (Fsp3) is 0.154. The maximum absolute atomic E-state index is 12.3. The molecular weight excluding hydrogens is 330 g/mol. The molecule has 110 valence electrons. The van der Waals surface area contributed by atoms with Gasteiger partial charge in [-0.05, 0) is 11.6 Å². The Morgan fingerprint density at radius 1 is 1.33 bits per heavy atom. The quantitative estimate of drug-likeness (QED) is 0.852. The van der Waals surface area contributed by atoms with E-state index in [-0.39, 0.29) is 16.0 Å². The van der Waals surface area contributed by atoms with E-state index in [1.165, 1.54) is 5.01 Å². The van der Waals surface area contributed by atoms with Crippen LogP contribution in [0.5, 0.6) is 0 Å². The molecule has 1 unspecified atom stereocenters. The molecule has 0 saturated heterocycles. The van der Waals surface area contributed by atoms with Crippen molar-refractivity contribution in [1.82, 2.24) is 0 Å². The predicted octanol–water partition coefficient (Wildman–Crippen LogP) is 2.99. The van der Waals surface area contributed by atoms with Crippen molar-refractivity contribution in [3.05, 3.63) is 46.3 Å². The first kappa shape index (κ1) is 14.5. The second-order valence-corrected chi connectivity index (χ2v) is 8.13. The lowest BCUT2D eigenvalue weighted by atomic mass is 10.00. The molecule has 1 aromatic carbocycles. The summed E-state index contributed by atoms with van der Waals surface area (Å²) in [5.41, 5.74) is 1.31. The molecule has 1 aromatic heterocycles.